The summed E-state index contributed by atoms with van der Waals surface area (Å²) in [6, 6.07) is 18.8. The third-order valence-corrected chi connectivity index (χ3v) is 5.07. The van der Waals surface area contributed by atoms with Crippen LogP contribution in [0.5, 0.6) is 0 Å². The summed E-state index contributed by atoms with van der Waals surface area (Å²) in [4.78, 5) is 13.7. The van der Waals surface area contributed by atoms with Crippen LogP contribution in [-0.2, 0) is 12.2 Å². The average molecular weight is 354 g/mol. The molecule has 0 atom stereocenters. The second-order valence-electron chi connectivity index (χ2n) is 5.25. The minimum absolute atomic E-state index is 0.735. The van der Waals surface area contributed by atoms with Gasteiger partial charge < -0.3 is 0 Å². The molecule has 1 aromatic heterocycles. The molecule has 0 spiro atoms. The third kappa shape index (κ3) is 4.36. The molecule has 3 rings (SSSR count). The second kappa shape index (κ2) is 8.31. The number of benzene rings is 2. The van der Waals surface area contributed by atoms with Gasteiger partial charge in [0, 0.05) is 11.3 Å². The van der Waals surface area contributed by atoms with Crippen LogP contribution in [-0.4, -0.2) is 21.2 Å². The van der Waals surface area contributed by atoms with E-state index in [4.69, 9.17) is 0 Å². The molecule has 0 radical (unpaired) electrons. The molecule has 0 saturated carbocycles. The molecular formula is C19H19N3S2. The predicted molar refractivity (Wildman–Crippen MR) is 102 cm³/mol. The highest BCUT2D eigenvalue weighted by atomic mass is 32.2. The molecular weight excluding hydrogens is 334 g/mol. The maximum Gasteiger partial charge on any atom is 0.192 e. The quantitative estimate of drug-likeness (QED) is 0.575. The van der Waals surface area contributed by atoms with Crippen LogP contribution in [0.2, 0.25) is 0 Å². The molecule has 3 aromatic rings. The minimum atomic E-state index is 0.735. The van der Waals surface area contributed by atoms with Gasteiger partial charge in [0.05, 0.1) is 0 Å². The summed E-state index contributed by atoms with van der Waals surface area (Å²) in [7, 11) is 0. The summed E-state index contributed by atoms with van der Waals surface area (Å²) >= 11 is 3.19. The van der Waals surface area contributed by atoms with Crippen LogP contribution in [0.3, 0.4) is 0 Å². The van der Waals surface area contributed by atoms with Gasteiger partial charge in [0.2, 0.25) is 0 Å². The van der Waals surface area contributed by atoms with E-state index in [2.05, 4.69) is 46.1 Å². The first-order valence-corrected chi connectivity index (χ1v) is 10.1. The van der Waals surface area contributed by atoms with Crippen molar-refractivity contribution in [1.82, 2.24) is 15.0 Å². The molecule has 0 unspecified atom stereocenters. The molecule has 3 nitrogen and oxygen atoms in total. The lowest BCUT2D eigenvalue weighted by atomic mass is 10.1. The predicted octanol–water partition coefficient (Wildman–Crippen LogP) is 5.12. The first-order valence-electron chi connectivity index (χ1n) is 7.84. The van der Waals surface area contributed by atoms with E-state index in [1.54, 1.807) is 23.5 Å². The monoisotopic (exact) mass is 353 g/mol. The number of nitrogens with zero attached hydrogens (tertiary/aromatic N) is 3. The van der Waals surface area contributed by atoms with Gasteiger partial charge >= 0.3 is 0 Å². The van der Waals surface area contributed by atoms with Crippen LogP contribution >= 0.6 is 23.5 Å². The van der Waals surface area contributed by atoms with E-state index < -0.39 is 0 Å². The lowest BCUT2D eigenvalue weighted by molar-refractivity contribution is 0.810. The Labute approximate surface area is 151 Å². The van der Waals surface area contributed by atoms with Gasteiger partial charge in [-0.05, 0) is 23.8 Å². The minimum Gasteiger partial charge on any atom is -0.202 e. The maximum atomic E-state index is 4.63. The molecule has 0 amide bonds. The zero-order valence-corrected chi connectivity index (χ0v) is 15.4. The fourth-order valence-corrected chi connectivity index (χ4v) is 3.43. The Morgan fingerprint density at radius 3 is 2.12 bits per heavy atom. The highest BCUT2D eigenvalue weighted by Crippen LogP contribution is 2.24. The topological polar surface area (TPSA) is 38.7 Å². The van der Waals surface area contributed by atoms with Crippen molar-refractivity contribution in [2.45, 2.75) is 29.4 Å². The van der Waals surface area contributed by atoms with Crippen molar-refractivity contribution in [2.75, 3.05) is 6.26 Å². The fraction of sp³-hybridized carbons (Fsp3) is 0.211. The number of aromatic nitrogens is 3. The molecule has 0 aliphatic carbocycles. The van der Waals surface area contributed by atoms with Crippen LogP contribution < -0.4 is 0 Å². The molecule has 2 aromatic carbocycles. The van der Waals surface area contributed by atoms with E-state index in [0.717, 1.165) is 33.9 Å². The van der Waals surface area contributed by atoms with E-state index in [0.29, 0.717) is 0 Å². The van der Waals surface area contributed by atoms with Gasteiger partial charge in [-0.25, -0.2) is 9.97 Å². The van der Waals surface area contributed by atoms with Gasteiger partial charge in [0.1, 0.15) is 0 Å². The van der Waals surface area contributed by atoms with E-state index in [1.807, 2.05) is 36.6 Å². The van der Waals surface area contributed by atoms with Crippen molar-refractivity contribution < 1.29 is 0 Å². The lowest BCUT2D eigenvalue weighted by Gasteiger charge is -2.06. The molecule has 1 heterocycles. The molecule has 24 heavy (non-hydrogen) atoms. The van der Waals surface area contributed by atoms with Crippen LogP contribution in [0.15, 0.2) is 64.9 Å². The van der Waals surface area contributed by atoms with E-state index in [-0.39, 0.29) is 0 Å². The summed E-state index contributed by atoms with van der Waals surface area (Å²) in [6.45, 7) is 2.17. The van der Waals surface area contributed by atoms with Crippen LogP contribution in [0.1, 0.15) is 18.1 Å². The molecule has 0 bridgehead atoms. The summed E-state index contributed by atoms with van der Waals surface area (Å²) < 4.78 is 0. The van der Waals surface area contributed by atoms with Crippen molar-refractivity contribution in [3.8, 4) is 11.4 Å². The second-order valence-corrected chi connectivity index (χ2v) is 6.97. The average Bonchev–Trinajstić information content (AvgIpc) is 2.67. The fourth-order valence-electron chi connectivity index (χ4n) is 2.23. The number of aryl methyl sites for hydroxylation is 1. The smallest absolute Gasteiger partial charge is 0.192 e. The zero-order chi connectivity index (χ0) is 16.8. The first-order chi connectivity index (χ1) is 11.8. The van der Waals surface area contributed by atoms with Crippen molar-refractivity contribution in [2.24, 2.45) is 0 Å². The molecule has 122 valence electrons. The molecule has 0 aliphatic heterocycles. The Morgan fingerprint density at radius 1 is 0.792 bits per heavy atom. The summed E-state index contributed by atoms with van der Waals surface area (Å²) in [5.41, 5.74) is 3.66. The largest absolute Gasteiger partial charge is 0.202 e. The number of rotatable bonds is 6. The maximum absolute atomic E-state index is 4.63. The number of thioether (sulfide) groups is 2. The standard InChI is InChI=1S/C19H19N3S2/c1-3-14-9-11-15(12-10-14)13-24-19-21-17(20-18(22-19)23-2)16-7-5-4-6-8-16/h4-12H,3,13H2,1-2H3. The SMILES string of the molecule is CCc1ccc(CSc2nc(SC)nc(-c3ccccc3)n2)cc1. The van der Waals surface area contributed by atoms with E-state index in [9.17, 15) is 0 Å². The Balaban J connectivity index is 1.79. The highest BCUT2D eigenvalue weighted by Gasteiger charge is 2.09. The van der Waals surface area contributed by atoms with Crippen molar-refractivity contribution >= 4 is 23.5 Å². The molecule has 0 saturated heterocycles. The summed E-state index contributed by atoms with van der Waals surface area (Å²) in [5, 5.41) is 1.53. The summed E-state index contributed by atoms with van der Waals surface area (Å²) in [5.74, 6) is 1.59. The van der Waals surface area contributed by atoms with E-state index in [1.165, 1.54) is 11.1 Å². The molecule has 0 N–H and O–H groups in total. The first kappa shape index (κ1) is 17.0. The summed E-state index contributed by atoms with van der Waals surface area (Å²) in [6.07, 6.45) is 3.06. The van der Waals surface area contributed by atoms with Gasteiger partial charge in [-0.2, -0.15) is 4.98 Å². The normalized spacial score (nSPS) is 10.8. The van der Waals surface area contributed by atoms with Crippen LogP contribution in [0, 0.1) is 0 Å². The van der Waals surface area contributed by atoms with Crippen molar-refractivity contribution in [1.29, 1.82) is 0 Å². The van der Waals surface area contributed by atoms with Gasteiger partial charge in [-0.1, -0.05) is 85.0 Å². The number of hydrogen-bond acceptors (Lipinski definition) is 5. The zero-order valence-electron chi connectivity index (χ0n) is 13.8. The van der Waals surface area contributed by atoms with Crippen LogP contribution in [0.25, 0.3) is 11.4 Å². The van der Waals surface area contributed by atoms with Crippen molar-refractivity contribution in [3.05, 3.63) is 65.7 Å². The van der Waals surface area contributed by atoms with Gasteiger partial charge in [0.25, 0.3) is 0 Å². The Hall–Kier alpha value is -1.85. The van der Waals surface area contributed by atoms with E-state index >= 15 is 0 Å². The third-order valence-electron chi connectivity index (χ3n) is 3.61. The molecule has 5 heteroatoms. The molecule has 0 fully saturated rings. The van der Waals surface area contributed by atoms with Gasteiger partial charge in [-0.3, -0.25) is 0 Å². The Morgan fingerprint density at radius 2 is 1.46 bits per heavy atom. The Bertz CT molecular complexity index is 789. The Kier molecular flexibility index (Phi) is 5.88. The van der Waals surface area contributed by atoms with Gasteiger partial charge in [-0.15, -0.1) is 0 Å². The van der Waals surface area contributed by atoms with Crippen LogP contribution in [0.4, 0.5) is 0 Å². The number of hydrogen-bond donors (Lipinski definition) is 0. The lowest BCUT2D eigenvalue weighted by Crippen LogP contribution is -1.98. The van der Waals surface area contributed by atoms with Crippen molar-refractivity contribution in [3.63, 3.8) is 0 Å². The van der Waals surface area contributed by atoms with Gasteiger partial charge in [0.15, 0.2) is 16.1 Å². The highest BCUT2D eigenvalue weighted by molar-refractivity contribution is 7.99. The molecule has 0 aliphatic rings.